The van der Waals surface area contributed by atoms with Gasteiger partial charge in [-0.25, -0.2) is 4.72 Å². The van der Waals surface area contributed by atoms with E-state index in [9.17, 15) is 13.2 Å². The third-order valence-electron chi connectivity index (χ3n) is 4.88. The highest BCUT2D eigenvalue weighted by Crippen LogP contribution is 2.24. The van der Waals surface area contributed by atoms with Crippen molar-refractivity contribution in [2.75, 3.05) is 0 Å². The Labute approximate surface area is 186 Å². The van der Waals surface area contributed by atoms with Gasteiger partial charge in [0, 0.05) is 17.2 Å². The van der Waals surface area contributed by atoms with Gasteiger partial charge >= 0.3 is 0 Å². The summed E-state index contributed by atoms with van der Waals surface area (Å²) in [6.07, 6.45) is 0. The van der Waals surface area contributed by atoms with Gasteiger partial charge in [-0.15, -0.1) is 0 Å². The number of aryl methyl sites for hydroxylation is 1. The highest BCUT2D eigenvalue weighted by molar-refractivity contribution is 7.90. The molecular formula is C25H21NO5S. The Morgan fingerprint density at radius 2 is 1.47 bits per heavy atom. The number of sulfonamides is 1. The third-order valence-corrected chi connectivity index (χ3v) is 6.07. The zero-order chi connectivity index (χ0) is 22.6. The van der Waals surface area contributed by atoms with Crippen LogP contribution >= 0.6 is 0 Å². The molecule has 0 unspecified atom stereocenters. The van der Waals surface area contributed by atoms with Crippen LogP contribution in [0.15, 0.2) is 101 Å². The Kier molecular flexibility index (Phi) is 6.09. The van der Waals surface area contributed by atoms with Gasteiger partial charge in [-0.05, 0) is 42.3 Å². The molecule has 1 aromatic heterocycles. The molecule has 6 nitrogen and oxygen atoms in total. The van der Waals surface area contributed by atoms with Gasteiger partial charge in [-0.1, -0.05) is 60.7 Å². The second-order valence-corrected chi connectivity index (χ2v) is 8.74. The van der Waals surface area contributed by atoms with Crippen molar-refractivity contribution >= 4 is 15.9 Å². The van der Waals surface area contributed by atoms with E-state index in [0.717, 1.165) is 11.1 Å². The number of carbonyl (C=O) groups is 1. The standard InChI is InChI=1S/C25H21NO5S/c1-18-22(17-30-23-14-12-20(13-15-23)19-8-4-2-5-9-19)16-24(31-18)32(28,29)26-25(27)21-10-6-3-7-11-21/h2-16H,17H2,1H3,(H,26,27). The first-order valence-corrected chi connectivity index (χ1v) is 11.4. The fourth-order valence-corrected chi connectivity index (χ4v) is 4.12. The highest BCUT2D eigenvalue weighted by atomic mass is 32.2. The average Bonchev–Trinajstić information content (AvgIpc) is 3.20. The minimum atomic E-state index is -4.15. The van der Waals surface area contributed by atoms with Crippen LogP contribution in [0.4, 0.5) is 0 Å². The molecule has 162 valence electrons. The number of hydrogen-bond acceptors (Lipinski definition) is 5. The summed E-state index contributed by atoms with van der Waals surface area (Å²) >= 11 is 0. The topological polar surface area (TPSA) is 85.6 Å². The minimum Gasteiger partial charge on any atom is -0.489 e. The molecule has 3 aromatic carbocycles. The first-order valence-electron chi connectivity index (χ1n) is 9.92. The summed E-state index contributed by atoms with van der Waals surface area (Å²) in [5.74, 6) is 0.321. The molecule has 0 aliphatic rings. The zero-order valence-corrected chi connectivity index (χ0v) is 18.1. The van der Waals surface area contributed by atoms with Gasteiger partial charge in [-0.2, -0.15) is 8.42 Å². The molecule has 7 heteroatoms. The molecule has 4 rings (SSSR count). The molecule has 0 fully saturated rings. The third kappa shape index (κ3) is 4.90. The molecule has 1 N–H and O–H groups in total. The number of carbonyl (C=O) groups excluding carboxylic acids is 1. The molecule has 0 bridgehead atoms. The number of ether oxygens (including phenoxy) is 1. The van der Waals surface area contributed by atoms with Gasteiger partial charge in [0.2, 0.25) is 5.09 Å². The van der Waals surface area contributed by atoms with Gasteiger partial charge in [-0.3, -0.25) is 4.79 Å². The van der Waals surface area contributed by atoms with Gasteiger partial charge in [0.05, 0.1) is 0 Å². The van der Waals surface area contributed by atoms with Crippen molar-refractivity contribution in [1.29, 1.82) is 0 Å². The summed E-state index contributed by atoms with van der Waals surface area (Å²) in [5.41, 5.74) is 2.99. The van der Waals surface area contributed by atoms with Crippen LogP contribution in [0.5, 0.6) is 5.75 Å². The Morgan fingerprint density at radius 3 is 2.12 bits per heavy atom. The molecule has 0 saturated carbocycles. The first kappa shape index (κ1) is 21.4. The van der Waals surface area contributed by atoms with Gasteiger partial charge < -0.3 is 9.15 Å². The molecule has 0 spiro atoms. The fourth-order valence-electron chi connectivity index (χ4n) is 3.12. The van der Waals surface area contributed by atoms with Crippen molar-refractivity contribution in [2.24, 2.45) is 0 Å². The molecule has 0 saturated heterocycles. The molecule has 4 aromatic rings. The summed E-state index contributed by atoms with van der Waals surface area (Å²) in [6.45, 7) is 1.78. The predicted molar refractivity (Wildman–Crippen MR) is 121 cm³/mol. The number of nitrogens with one attached hydrogen (secondary N) is 1. The molecule has 0 aliphatic heterocycles. The van der Waals surface area contributed by atoms with Crippen molar-refractivity contribution in [3.8, 4) is 16.9 Å². The lowest BCUT2D eigenvalue weighted by Gasteiger charge is -2.07. The van der Waals surface area contributed by atoms with E-state index in [1.807, 2.05) is 59.3 Å². The fraction of sp³-hybridized carbons (Fsp3) is 0.0800. The van der Waals surface area contributed by atoms with Crippen molar-refractivity contribution in [3.63, 3.8) is 0 Å². The Bertz CT molecular complexity index is 1310. The maximum Gasteiger partial charge on any atom is 0.297 e. The summed E-state index contributed by atoms with van der Waals surface area (Å²) in [4.78, 5) is 12.2. The summed E-state index contributed by atoms with van der Waals surface area (Å²) in [5, 5.41) is -0.336. The van der Waals surface area contributed by atoms with Crippen molar-refractivity contribution in [3.05, 3.63) is 108 Å². The lowest BCUT2D eigenvalue weighted by atomic mass is 10.1. The second kappa shape index (κ2) is 9.11. The smallest absolute Gasteiger partial charge is 0.297 e. The summed E-state index contributed by atoms with van der Waals surface area (Å²) < 4.78 is 38.3. The van der Waals surface area contributed by atoms with Crippen molar-refractivity contribution in [1.82, 2.24) is 4.72 Å². The summed E-state index contributed by atoms with van der Waals surface area (Å²) in [6, 6.07) is 27.1. The van der Waals surface area contributed by atoms with Crippen LogP contribution in [-0.2, 0) is 16.6 Å². The summed E-state index contributed by atoms with van der Waals surface area (Å²) in [7, 11) is -4.15. The van der Waals surface area contributed by atoms with E-state index in [-0.39, 0.29) is 17.3 Å². The number of amides is 1. The number of hydrogen-bond donors (Lipinski definition) is 1. The Hall–Kier alpha value is -3.84. The minimum absolute atomic E-state index is 0.127. The van der Waals surface area contributed by atoms with E-state index in [1.54, 1.807) is 25.1 Å². The maximum absolute atomic E-state index is 12.6. The van der Waals surface area contributed by atoms with Crippen LogP contribution in [-0.4, -0.2) is 14.3 Å². The normalized spacial score (nSPS) is 11.2. The lowest BCUT2D eigenvalue weighted by molar-refractivity contribution is 0.0980. The van der Waals surface area contributed by atoms with E-state index in [0.29, 0.717) is 17.1 Å². The van der Waals surface area contributed by atoms with E-state index in [4.69, 9.17) is 9.15 Å². The van der Waals surface area contributed by atoms with Crippen LogP contribution in [0.1, 0.15) is 21.7 Å². The first-order chi connectivity index (χ1) is 15.4. The van der Waals surface area contributed by atoms with Crippen LogP contribution in [0.3, 0.4) is 0 Å². The predicted octanol–water partition coefficient (Wildman–Crippen LogP) is 4.95. The van der Waals surface area contributed by atoms with Gasteiger partial charge in [0.1, 0.15) is 18.1 Å². The lowest BCUT2D eigenvalue weighted by Crippen LogP contribution is -2.30. The number of furan rings is 1. The van der Waals surface area contributed by atoms with Crippen LogP contribution in [0.2, 0.25) is 0 Å². The van der Waals surface area contributed by atoms with Crippen LogP contribution in [0.25, 0.3) is 11.1 Å². The largest absolute Gasteiger partial charge is 0.489 e. The molecule has 0 aliphatic carbocycles. The highest BCUT2D eigenvalue weighted by Gasteiger charge is 2.24. The quantitative estimate of drug-likeness (QED) is 0.433. The SMILES string of the molecule is Cc1oc(S(=O)(=O)NC(=O)c2ccccc2)cc1COc1ccc(-c2ccccc2)cc1. The molecule has 1 heterocycles. The van der Waals surface area contributed by atoms with Crippen LogP contribution < -0.4 is 9.46 Å². The molecule has 0 atom stereocenters. The number of rotatable bonds is 7. The molecular weight excluding hydrogens is 426 g/mol. The van der Waals surface area contributed by atoms with Crippen molar-refractivity contribution in [2.45, 2.75) is 18.6 Å². The zero-order valence-electron chi connectivity index (χ0n) is 17.3. The Morgan fingerprint density at radius 1 is 0.875 bits per heavy atom. The van der Waals surface area contributed by atoms with Crippen LogP contribution in [0, 0.1) is 6.92 Å². The monoisotopic (exact) mass is 447 g/mol. The molecule has 0 radical (unpaired) electrons. The van der Waals surface area contributed by atoms with Gasteiger partial charge in [0.15, 0.2) is 0 Å². The molecule has 32 heavy (non-hydrogen) atoms. The van der Waals surface area contributed by atoms with E-state index >= 15 is 0 Å². The van der Waals surface area contributed by atoms with Crippen molar-refractivity contribution < 1.29 is 22.4 Å². The second-order valence-electron chi connectivity index (χ2n) is 7.13. The number of benzene rings is 3. The van der Waals surface area contributed by atoms with E-state index in [1.165, 1.54) is 18.2 Å². The molecule has 1 amide bonds. The van der Waals surface area contributed by atoms with E-state index < -0.39 is 15.9 Å². The average molecular weight is 448 g/mol. The van der Waals surface area contributed by atoms with E-state index in [2.05, 4.69) is 0 Å². The maximum atomic E-state index is 12.6. The van der Waals surface area contributed by atoms with Gasteiger partial charge in [0.25, 0.3) is 15.9 Å². The Balaban J connectivity index is 1.43.